The van der Waals surface area contributed by atoms with E-state index in [9.17, 15) is 0 Å². The van der Waals surface area contributed by atoms with Crippen molar-refractivity contribution in [2.24, 2.45) is 0 Å². The molecule has 0 aliphatic heterocycles. The summed E-state index contributed by atoms with van der Waals surface area (Å²) < 4.78 is 5.22. The first-order chi connectivity index (χ1) is 6.99. The number of rotatable bonds is 2. The molecule has 1 aromatic rings. The Kier molecular flexibility index (Phi) is 3.36. The lowest BCUT2D eigenvalue weighted by atomic mass is 9.86. The minimum Gasteiger partial charge on any atom is -0.496 e. The molecule has 0 aliphatic carbocycles. The van der Waals surface area contributed by atoms with Gasteiger partial charge in [0.25, 0.3) is 0 Å². The quantitative estimate of drug-likeness (QED) is 0.671. The van der Waals surface area contributed by atoms with Crippen molar-refractivity contribution in [3.8, 4) is 5.75 Å². The molecule has 0 aromatic heterocycles. The minimum absolute atomic E-state index is 0.114. The zero-order chi connectivity index (χ0) is 11.5. The first-order valence-corrected chi connectivity index (χ1v) is 4.99. The lowest BCUT2D eigenvalue weighted by molar-refractivity contribution is 0.410. The summed E-state index contributed by atoms with van der Waals surface area (Å²) in [5.74, 6) is 0.805. The molecule has 15 heavy (non-hydrogen) atoms. The van der Waals surface area contributed by atoms with Gasteiger partial charge in [0.15, 0.2) is 0 Å². The van der Waals surface area contributed by atoms with Crippen LogP contribution in [0.3, 0.4) is 0 Å². The molecule has 1 aromatic carbocycles. The van der Waals surface area contributed by atoms with Crippen LogP contribution in [-0.4, -0.2) is 7.11 Å². The number of hydrogen-bond acceptors (Lipinski definition) is 1. The normalized spacial score (nSPS) is 10.9. The van der Waals surface area contributed by atoms with Crippen LogP contribution in [0.1, 0.15) is 31.9 Å². The summed E-state index contributed by atoms with van der Waals surface area (Å²) in [5, 5.41) is 0. The van der Waals surface area contributed by atoms with Crippen molar-refractivity contribution in [3.05, 3.63) is 40.7 Å². The Bertz CT molecular complexity index is 383. The van der Waals surface area contributed by atoms with E-state index in [-0.39, 0.29) is 5.41 Å². The fraction of sp³-hybridized carbons (Fsp3) is 0.462. The van der Waals surface area contributed by atoms with Crippen LogP contribution in [0.4, 0.5) is 0 Å². The predicted octanol–water partition coefficient (Wildman–Crippen LogP) is 3.41. The van der Waals surface area contributed by atoms with E-state index in [1.165, 1.54) is 5.56 Å². The van der Waals surface area contributed by atoms with Crippen molar-refractivity contribution >= 4 is 0 Å². The molecule has 0 saturated carbocycles. The molecule has 0 bridgehead atoms. The van der Waals surface area contributed by atoms with Gasteiger partial charge >= 0.3 is 0 Å². The third-order valence-corrected chi connectivity index (χ3v) is 2.40. The Morgan fingerprint density at radius 1 is 1.33 bits per heavy atom. The van der Waals surface area contributed by atoms with Crippen molar-refractivity contribution < 1.29 is 4.74 Å². The molecule has 0 saturated heterocycles. The third kappa shape index (κ3) is 2.73. The summed E-state index contributed by atoms with van der Waals surface area (Å²) in [4.78, 5) is 3.41. The molecule has 1 rings (SSSR count). The molecule has 0 spiro atoms. The molecule has 0 heterocycles. The van der Waals surface area contributed by atoms with Crippen LogP contribution in [0.25, 0.3) is 4.85 Å². The Balaban J connectivity index is 3.17. The fourth-order valence-corrected chi connectivity index (χ4v) is 1.45. The van der Waals surface area contributed by atoms with E-state index in [0.717, 1.165) is 11.3 Å². The number of hydrogen-bond donors (Lipinski definition) is 0. The molecular formula is C13H17NO. The van der Waals surface area contributed by atoms with E-state index in [1.54, 1.807) is 7.11 Å². The van der Waals surface area contributed by atoms with Gasteiger partial charge in [0.05, 0.1) is 12.7 Å². The number of methoxy groups -OCH3 is 1. The maximum Gasteiger partial charge on any atom is 0.243 e. The van der Waals surface area contributed by atoms with E-state index in [2.05, 4.69) is 37.7 Å². The van der Waals surface area contributed by atoms with Crippen molar-refractivity contribution in [3.63, 3.8) is 0 Å². The number of nitrogens with zero attached hydrogens (tertiary/aromatic N) is 1. The second-order valence-corrected chi connectivity index (χ2v) is 4.59. The van der Waals surface area contributed by atoms with Gasteiger partial charge in [0, 0.05) is 0 Å². The smallest absolute Gasteiger partial charge is 0.243 e. The Morgan fingerprint density at radius 2 is 2.00 bits per heavy atom. The van der Waals surface area contributed by atoms with Crippen LogP contribution < -0.4 is 4.74 Å². The number of benzene rings is 1. The minimum atomic E-state index is 0.114. The van der Waals surface area contributed by atoms with Gasteiger partial charge in [-0.1, -0.05) is 26.8 Å². The Morgan fingerprint density at radius 3 is 2.47 bits per heavy atom. The standard InChI is InChI=1S/C13H17NO/c1-13(2,3)11-6-7-12(15-5)10(8-11)9-14-4/h6-8H,9H2,1-3,5H3. The predicted molar refractivity (Wildman–Crippen MR) is 62.0 cm³/mol. The summed E-state index contributed by atoms with van der Waals surface area (Å²) in [5.41, 5.74) is 2.32. The van der Waals surface area contributed by atoms with Gasteiger partial charge in [-0.05, 0) is 23.1 Å². The maximum atomic E-state index is 6.91. The zero-order valence-electron chi connectivity index (χ0n) is 9.79. The summed E-state index contributed by atoms with van der Waals surface area (Å²) in [6.45, 7) is 13.8. The van der Waals surface area contributed by atoms with Gasteiger partial charge < -0.3 is 9.58 Å². The Labute approximate surface area is 91.7 Å². The molecule has 0 atom stereocenters. The van der Waals surface area contributed by atoms with Crippen LogP contribution in [0.2, 0.25) is 0 Å². The van der Waals surface area contributed by atoms with Crippen molar-refractivity contribution in [1.29, 1.82) is 0 Å². The van der Waals surface area contributed by atoms with Gasteiger partial charge in [-0.2, -0.15) is 0 Å². The fourth-order valence-electron chi connectivity index (χ4n) is 1.45. The lowest BCUT2D eigenvalue weighted by Gasteiger charge is -2.20. The SMILES string of the molecule is [C-]#[N+]Cc1cc(C(C)(C)C)ccc1OC. The van der Waals surface area contributed by atoms with Crippen molar-refractivity contribution in [2.75, 3.05) is 7.11 Å². The molecule has 0 radical (unpaired) electrons. The average Bonchev–Trinajstić information content (AvgIpc) is 2.17. The molecule has 2 nitrogen and oxygen atoms in total. The summed E-state index contributed by atoms with van der Waals surface area (Å²) in [6, 6.07) is 6.07. The van der Waals surface area contributed by atoms with Crippen LogP contribution in [-0.2, 0) is 12.0 Å². The maximum absolute atomic E-state index is 6.91. The largest absolute Gasteiger partial charge is 0.496 e. The lowest BCUT2D eigenvalue weighted by Crippen LogP contribution is -2.11. The van der Waals surface area contributed by atoms with Gasteiger partial charge in [-0.25, -0.2) is 6.57 Å². The first kappa shape index (κ1) is 11.6. The molecule has 2 heteroatoms. The molecule has 0 aliphatic rings. The van der Waals surface area contributed by atoms with Gasteiger partial charge in [0.1, 0.15) is 5.75 Å². The average molecular weight is 203 g/mol. The van der Waals surface area contributed by atoms with Crippen LogP contribution >= 0.6 is 0 Å². The van der Waals surface area contributed by atoms with Crippen molar-refractivity contribution in [2.45, 2.75) is 32.7 Å². The highest BCUT2D eigenvalue weighted by molar-refractivity contribution is 5.40. The van der Waals surface area contributed by atoms with Crippen LogP contribution in [0, 0.1) is 6.57 Å². The topological polar surface area (TPSA) is 13.6 Å². The first-order valence-electron chi connectivity index (χ1n) is 4.99. The van der Waals surface area contributed by atoms with Crippen LogP contribution in [0.15, 0.2) is 18.2 Å². The molecule has 0 fully saturated rings. The van der Waals surface area contributed by atoms with E-state index in [1.807, 2.05) is 6.07 Å². The van der Waals surface area contributed by atoms with E-state index >= 15 is 0 Å². The molecule has 0 N–H and O–H groups in total. The number of ether oxygens (including phenoxy) is 1. The summed E-state index contributed by atoms with van der Waals surface area (Å²) >= 11 is 0. The summed E-state index contributed by atoms with van der Waals surface area (Å²) in [7, 11) is 1.64. The van der Waals surface area contributed by atoms with Gasteiger partial charge in [-0.3, -0.25) is 0 Å². The second-order valence-electron chi connectivity index (χ2n) is 4.59. The van der Waals surface area contributed by atoms with E-state index < -0.39 is 0 Å². The zero-order valence-corrected chi connectivity index (χ0v) is 9.79. The Hall–Kier alpha value is -1.49. The van der Waals surface area contributed by atoms with Crippen molar-refractivity contribution in [1.82, 2.24) is 0 Å². The van der Waals surface area contributed by atoms with E-state index in [0.29, 0.717) is 6.54 Å². The monoisotopic (exact) mass is 203 g/mol. The molecule has 0 unspecified atom stereocenters. The van der Waals surface area contributed by atoms with Gasteiger partial charge in [-0.15, -0.1) is 0 Å². The third-order valence-electron chi connectivity index (χ3n) is 2.40. The molecule has 0 amide bonds. The molecule has 80 valence electrons. The highest BCUT2D eigenvalue weighted by Crippen LogP contribution is 2.28. The molecular weight excluding hydrogens is 186 g/mol. The summed E-state index contributed by atoms with van der Waals surface area (Å²) in [6.07, 6.45) is 0. The highest BCUT2D eigenvalue weighted by Gasteiger charge is 2.16. The second kappa shape index (κ2) is 4.35. The highest BCUT2D eigenvalue weighted by atomic mass is 16.5. The van der Waals surface area contributed by atoms with Gasteiger partial charge in [0.2, 0.25) is 6.54 Å². The van der Waals surface area contributed by atoms with Crippen LogP contribution in [0.5, 0.6) is 5.75 Å². The van der Waals surface area contributed by atoms with E-state index in [4.69, 9.17) is 11.3 Å².